The van der Waals surface area contributed by atoms with Gasteiger partial charge in [-0.25, -0.2) is 4.39 Å². The van der Waals surface area contributed by atoms with Crippen LogP contribution in [0.1, 0.15) is 30.0 Å². The second-order valence-corrected chi connectivity index (χ2v) is 8.63. The molecule has 0 radical (unpaired) electrons. The number of benzene rings is 2. The summed E-state index contributed by atoms with van der Waals surface area (Å²) in [5, 5.41) is 0. The molecule has 1 aliphatic carbocycles. The summed E-state index contributed by atoms with van der Waals surface area (Å²) < 4.78 is 13.6. The Labute approximate surface area is 148 Å². The summed E-state index contributed by atoms with van der Waals surface area (Å²) >= 11 is 5.30. The first-order valence-corrected chi connectivity index (χ1v) is 10.2. The van der Waals surface area contributed by atoms with Crippen molar-refractivity contribution in [3.63, 3.8) is 0 Å². The topological polar surface area (TPSA) is 17.1 Å². The van der Waals surface area contributed by atoms with Gasteiger partial charge >= 0.3 is 0 Å². The van der Waals surface area contributed by atoms with Crippen LogP contribution < -0.4 is 0 Å². The Bertz CT molecular complexity index is 892. The molecule has 0 heterocycles. The zero-order valence-corrected chi connectivity index (χ0v) is 15.1. The minimum absolute atomic E-state index is 0.173. The molecule has 0 spiro atoms. The van der Waals surface area contributed by atoms with E-state index in [1.165, 1.54) is 12.1 Å². The Hall–Kier alpha value is -1.91. The van der Waals surface area contributed by atoms with Crippen molar-refractivity contribution in [1.29, 1.82) is 0 Å². The van der Waals surface area contributed by atoms with Gasteiger partial charge in [-0.2, -0.15) is 0 Å². The predicted molar refractivity (Wildman–Crippen MR) is 103 cm³/mol. The summed E-state index contributed by atoms with van der Waals surface area (Å²) in [5.41, 5.74) is 5.85. The van der Waals surface area contributed by atoms with Gasteiger partial charge in [-0.05, 0) is 88.1 Å². The molecule has 0 saturated heterocycles. The largest absolute Gasteiger partial charge is 0.303 e. The van der Waals surface area contributed by atoms with Crippen molar-refractivity contribution in [2.24, 2.45) is 0 Å². The molecule has 4 heteroatoms. The van der Waals surface area contributed by atoms with E-state index in [1.807, 2.05) is 25.3 Å². The molecule has 0 N–H and O–H groups in total. The number of allylic oxidation sites excluding steroid dienone is 3. The lowest BCUT2D eigenvalue weighted by Crippen LogP contribution is -1.88. The molecule has 0 aromatic heterocycles. The van der Waals surface area contributed by atoms with Crippen LogP contribution in [0.2, 0.25) is 0 Å². The summed E-state index contributed by atoms with van der Waals surface area (Å²) in [6.07, 6.45) is 5.28. The predicted octanol–water partition coefficient (Wildman–Crippen LogP) is 4.81. The lowest BCUT2D eigenvalue weighted by atomic mass is 10.0. The number of hydrogen-bond acceptors (Lipinski definition) is 2. The van der Waals surface area contributed by atoms with Crippen LogP contribution in [0.3, 0.4) is 0 Å². The molecular formula is C20H17FOS2. The number of hydrogen-bond donors (Lipinski definition) is 0. The van der Waals surface area contributed by atoms with Crippen LogP contribution in [0.5, 0.6) is 0 Å². The fraction of sp³-hybridized carbons (Fsp3) is 0.150. The highest BCUT2D eigenvalue weighted by atomic mass is 32.8. The fourth-order valence-electron chi connectivity index (χ4n) is 3.02. The molecular weight excluding hydrogens is 339 g/mol. The molecule has 3 rings (SSSR count). The maximum Gasteiger partial charge on any atom is 0.124 e. The van der Waals surface area contributed by atoms with Crippen molar-refractivity contribution < 1.29 is 9.18 Å². The van der Waals surface area contributed by atoms with Gasteiger partial charge in [0.25, 0.3) is 0 Å². The lowest BCUT2D eigenvalue weighted by Gasteiger charge is -2.05. The average Bonchev–Trinajstić information content (AvgIpc) is 2.81. The molecule has 0 amide bonds. The van der Waals surface area contributed by atoms with Gasteiger partial charge in [0.1, 0.15) is 12.1 Å². The highest BCUT2D eigenvalue weighted by Crippen LogP contribution is 2.43. The monoisotopic (exact) mass is 356 g/mol. The third-order valence-corrected chi connectivity index (χ3v) is 5.78. The summed E-state index contributed by atoms with van der Waals surface area (Å²) in [5.74, 6) is -0.282. The van der Waals surface area contributed by atoms with Gasteiger partial charge in [-0.3, -0.25) is 0 Å². The normalized spacial score (nSPS) is 16.4. The number of rotatable bonds is 4. The van der Waals surface area contributed by atoms with Gasteiger partial charge in [-0.1, -0.05) is 27.7 Å². The quantitative estimate of drug-likeness (QED) is 0.731. The van der Waals surface area contributed by atoms with Crippen molar-refractivity contribution in [2.45, 2.75) is 18.2 Å². The van der Waals surface area contributed by atoms with Gasteiger partial charge in [0, 0.05) is 11.3 Å². The summed E-state index contributed by atoms with van der Waals surface area (Å²) in [6.45, 7) is 1.99. The minimum Gasteiger partial charge on any atom is -0.303 e. The van der Waals surface area contributed by atoms with Crippen molar-refractivity contribution >= 4 is 44.2 Å². The molecule has 0 aliphatic heterocycles. The molecule has 1 aliphatic rings. The zero-order chi connectivity index (χ0) is 17.3. The molecule has 1 unspecified atom stereocenters. The van der Waals surface area contributed by atoms with E-state index < -0.39 is 0 Å². The summed E-state index contributed by atoms with van der Waals surface area (Å²) in [4.78, 5) is 12.2. The van der Waals surface area contributed by atoms with Crippen LogP contribution in [0, 0.1) is 5.82 Å². The van der Waals surface area contributed by atoms with Crippen LogP contribution >= 0.6 is 0 Å². The molecule has 0 saturated carbocycles. The maximum absolute atomic E-state index is 13.6. The SMILES string of the molecule is CC1=C(CC=O)c2cc(F)ccc2C1=Cc1ccc(S(C)=S)cc1. The van der Waals surface area contributed by atoms with Crippen LogP contribution in [-0.2, 0) is 25.4 Å². The Morgan fingerprint density at radius 3 is 2.46 bits per heavy atom. The number of aldehydes is 1. The molecule has 1 atom stereocenters. The number of halogens is 1. The Morgan fingerprint density at radius 1 is 1.12 bits per heavy atom. The van der Waals surface area contributed by atoms with Gasteiger partial charge < -0.3 is 4.79 Å². The molecule has 0 bridgehead atoms. The first kappa shape index (κ1) is 16.9. The molecule has 2 aromatic rings. The zero-order valence-electron chi connectivity index (χ0n) is 13.5. The van der Waals surface area contributed by atoms with E-state index >= 15 is 0 Å². The third kappa shape index (κ3) is 3.17. The van der Waals surface area contributed by atoms with Crippen molar-refractivity contribution in [3.8, 4) is 0 Å². The van der Waals surface area contributed by atoms with Crippen LogP contribution in [0.4, 0.5) is 4.39 Å². The third-order valence-electron chi connectivity index (χ3n) is 4.26. The highest BCUT2D eigenvalue weighted by Gasteiger charge is 2.23. The smallest absolute Gasteiger partial charge is 0.124 e. The second kappa shape index (κ2) is 6.91. The van der Waals surface area contributed by atoms with E-state index in [9.17, 15) is 9.18 Å². The molecule has 1 nitrogen and oxygen atoms in total. The first-order chi connectivity index (χ1) is 11.5. The molecule has 2 aromatic carbocycles. The van der Waals surface area contributed by atoms with Crippen molar-refractivity contribution in [1.82, 2.24) is 0 Å². The van der Waals surface area contributed by atoms with Gasteiger partial charge in [0.2, 0.25) is 0 Å². The molecule has 0 fully saturated rings. The molecule has 24 heavy (non-hydrogen) atoms. The Balaban J connectivity index is 2.10. The van der Waals surface area contributed by atoms with Gasteiger partial charge in [0.15, 0.2) is 0 Å². The van der Waals surface area contributed by atoms with E-state index in [4.69, 9.17) is 11.2 Å². The molecule has 122 valence electrons. The van der Waals surface area contributed by atoms with Crippen LogP contribution in [0.25, 0.3) is 17.2 Å². The van der Waals surface area contributed by atoms with Crippen molar-refractivity contribution in [3.05, 3.63) is 70.5 Å². The van der Waals surface area contributed by atoms with E-state index in [0.29, 0.717) is 6.42 Å². The first-order valence-electron chi connectivity index (χ1n) is 7.60. The van der Waals surface area contributed by atoms with E-state index in [1.54, 1.807) is 6.07 Å². The van der Waals surface area contributed by atoms with Gasteiger partial charge in [-0.15, -0.1) is 0 Å². The average molecular weight is 356 g/mol. The lowest BCUT2D eigenvalue weighted by molar-refractivity contribution is -0.107. The number of carbonyl (C=O) groups excluding carboxylic acids is 1. The Kier molecular flexibility index (Phi) is 4.88. The minimum atomic E-state index is -0.282. The maximum atomic E-state index is 13.6. The standard InChI is InChI=1S/C20H17FOS2/c1-13-17(9-10-22)20-12-15(21)5-8-18(20)19(13)11-14-3-6-16(7-4-14)24(2)23/h3-8,10-12H,9H2,1-2H3. The second-order valence-electron chi connectivity index (χ2n) is 5.75. The van der Waals surface area contributed by atoms with Gasteiger partial charge in [0.05, 0.1) is 0 Å². The van der Waals surface area contributed by atoms with E-state index in [0.717, 1.165) is 44.6 Å². The summed E-state index contributed by atoms with van der Waals surface area (Å²) in [6, 6.07) is 13.0. The van der Waals surface area contributed by atoms with Crippen LogP contribution in [-0.4, -0.2) is 12.5 Å². The fourth-order valence-corrected chi connectivity index (χ4v) is 3.88. The number of carbonyl (C=O) groups is 1. The van der Waals surface area contributed by atoms with Crippen molar-refractivity contribution in [2.75, 3.05) is 6.26 Å². The van der Waals surface area contributed by atoms with E-state index in [2.05, 4.69) is 18.2 Å². The Morgan fingerprint density at radius 2 is 1.83 bits per heavy atom. The van der Waals surface area contributed by atoms with Crippen LogP contribution in [0.15, 0.2) is 52.9 Å². The highest BCUT2D eigenvalue weighted by molar-refractivity contribution is 8.28. The summed E-state index contributed by atoms with van der Waals surface area (Å²) in [7, 11) is -0.173. The van der Waals surface area contributed by atoms with E-state index in [-0.39, 0.29) is 15.3 Å². The number of fused-ring (bicyclic) bond motifs is 1.